The fourth-order valence-corrected chi connectivity index (χ4v) is 2.77. The van der Waals surface area contributed by atoms with Crippen LogP contribution in [0.1, 0.15) is 20.3 Å². The van der Waals surface area contributed by atoms with E-state index in [0.717, 1.165) is 0 Å². The van der Waals surface area contributed by atoms with E-state index in [1.54, 1.807) is 32.0 Å². The summed E-state index contributed by atoms with van der Waals surface area (Å²) in [5.74, 6) is -0.721. The molecule has 0 heterocycles. The first-order chi connectivity index (χ1) is 8.69. The maximum absolute atomic E-state index is 12.2. The van der Waals surface area contributed by atoms with Gasteiger partial charge in [-0.05, 0) is 38.5 Å². The fourth-order valence-electron chi connectivity index (χ4n) is 2.25. The second-order valence-electron chi connectivity index (χ2n) is 5.32. The smallest absolute Gasteiger partial charge is 0.231 e. The minimum absolute atomic E-state index is 0.257. The highest BCUT2D eigenvalue weighted by Crippen LogP contribution is 2.63. The van der Waals surface area contributed by atoms with Crippen LogP contribution in [-0.4, -0.2) is 11.8 Å². The molecule has 0 bridgehead atoms. The molecule has 1 aliphatic rings. The largest absolute Gasteiger partial charge is 0.369 e. The van der Waals surface area contributed by atoms with Crippen molar-refractivity contribution < 1.29 is 9.59 Å². The molecule has 2 unspecified atom stereocenters. The Bertz CT molecular complexity index is 556. The molecule has 1 aromatic carbocycles. The molecule has 3 N–H and O–H groups in total. The van der Waals surface area contributed by atoms with E-state index in [9.17, 15) is 9.59 Å². The number of benzene rings is 1. The molecule has 1 fully saturated rings. The molecule has 4 nitrogen and oxygen atoms in total. The maximum Gasteiger partial charge on any atom is 0.231 e. The molecule has 0 saturated heterocycles. The highest BCUT2D eigenvalue weighted by molar-refractivity contribution is 6.35. The van der Waals surface area contributed by atoms with Crippen molar-refractivity contribution in [1.29, 1.82) is 0 Å². The molecule has 0 aliphatic heterocycles. The van der Waals surface area contributed by atoms with E-state index in [-0.39, 0.29) is 5.91 Å². The topological polar surface area (TPSA) is 72.2 Å². The number of carbonyl (C=O) groups excluding carboxylic acids is 2. The number of hydrogen-bond acceptors (Lipinski definition) is 2. The van der Waals surface area contributed by atoms with Gasteiger partial charge in [0.2, 0.25) is 11.8 Å². The zero-order valence-corrected chi connectivity index (χ0v) is 12.1. The van der Waals surface area contributed by atoms with Crippen molar-refractivity contribution >= 4 is 40.7 Å². The predicted molar refractivity (Wildman–Crippen MR) is 75.1 cm³/mol. The Balaban J connectivity index is 2.17. The van der Waals surface area contributed by atoms with Gasteiger partial charge in [-0.3, -0.25) is 9.59 Å². The summed E-state index contributed by atoms with van der Waals surface area (Å²) in [5.41, 5.74) is 4.25. The van der Waals surface area contributed by atoms with E-state index < -0.39 is 16.7 Å². The van der Waals surface area contributed by atoms with E-state index >= 15 is 0 Å². The second kappa shape index (κ2) is 4.39. The van der Waals surface area contributed by atoms with Crippen LogP contribution >= 0.6 is 23.2 Å². The molecular weight excluding hydrogens is 287 g/mol. The molecule has 2 amide bonds. The van der Waals surface area contributed by atoms with Gasteiger partial charge in [-0.1, -0.05) is 23.2 Å². The molecular formula is C13H14Cl2N2O2. The van der Waals surface area contributed by atoms with Crippen LogP contribution in [0.4, 0.5) is 5.69 Å². The van der Waals surface area contributed by atoms with Crippen LogP contribution in [0.5, 0.6) is 0 Å². The van der Waals surface area contributed by atoms with Gasteiger partial charge in [-0.25, -0.2) is 0 Å². The van der Waals surface area contributed by atoms with Crippen LogP contribution in [0.15, 0.2) is 18.2 Å². The first-order valence-corrected chi connectivity index (χ1v) is 6.52. The van der Waals surface area contributed by atoms with Crippen molar-refractivity contribution in [2.24, 2.45) is 16.6 Å². The number of amides is 2. The highest BCUT2D eigenvalue weighted by atomic mass is 35.5. The molecule has 1 saturated carbocycles. The Hall–Kier alpha value is -1.26. The number of anilines is 1. The number of rotatable bonds is 3. The summed E-state index contributed by atoms with van der Waals surface area (Å²) in [7, 11) is 0. The van der Waals surface area contributed by atoms with Gasteiger partial charge in [0, 0.05) is 15.7 Å². The SMILES string of the molecule is CC1(C(N)=O)CC1(C)C(=O)Nc1cc(Cl)cc(Cl)c1. The van der Waals surface area contributed by atoms with Gasteiger partial charge in [-0.15, -0.1) is 0 Å². The van der Waals surface area contributed by atoms with E-state index in [1.165, 1.54) is 0 Å². The average Bonchev–Trinajstić information content (AvgIpc) is 2.83. The molecule has 0 radical (unpaired) electrons. The van der Waals surface area contributed by atoms with E-state index in [2.05, 4.69) is 5.32 Å². The summed E-state index contributed by atoms with van der Waals surface area (Å²) in [6.45, 7) is 3.42. The molecule has 102 valence electrons. The normalized spacial score (nSPS) is 28.8. The van der Waals surface area contributed by atoms with Crippen LogP contribution in [0.25, 0.3) is 0 Å². The molecule has 2 rings (SSSR count). The number of primary amides is 1. The number of nitrogens with one attached hydrogen (secondary N) is 1. The number of halogens is 2. The van der Waals surface area contributed by atoms with Crippen molar-refractivity contribution in [3.8, 4) is 0 Å². The van der Waals surface area contributed by atoms with Crippen molar-refractivity contribution in [3.63, 3.8) is 0 Å². The molecule has 1 aromatic rings. The quantitative estimate of drug-likeness (QED) is 0.901. The Morgan fingerprint density at radius 2 is 1.68 bits per heavy atom. The Morgan fingerprint density at radius 3 is 2.11 bits per heavy atom. The van der Waals surface area contributed by atoms with Crippen LogP contribution in [0, 0.1) is 10.8 Å². The van der Waals surface area contributed by atoms with Gasteiger partial charge >= 0.3 is 0 Å². The number of nitrogens with two attached hydrogens (primary N) is 1. The first kappa shape index (κ1) is 14.2. The van der Waals surface area contributed by atoms with Crippen LogP contribution in [0.2, 0.25) is 10.0 Å². The van der Waals surface area contributed by atoms with Crippen LogP contribution < -0.4 is 11.1 Å². The number of hydrogen-bond donors (Lipinski definition) is 2. The molecule has 19 heavy (non-hydrogen) atoms. The van der Waals surface area contributed by atoms with E-state index in [1.807, 2.05) is 0 Å². The summed E-state index contributed by atoms with van der Waals surface area (Å²) in [5, 5.41) is 3.58. The standard InChI is InChI=1S/C13H14Cl2N2O2/c1-12(10(16)18)6-13(12,2)11(19)17-9-4-7(14)3-8(15)5-9/h3-5H,6H2,1-2H3,(H2,16,18)(H,17,19). The third kappa shape index (κ3) is 2.30. The van der Waals surface area contributed by atoms with Crippen molar-refractivity contribution in [2.75, 3.05) is 5.32 Å². The second-order valence-corrected chi connectivity index (χ2v) is 6.19. The summed E-state index contributed by atoms with van der Waals surface area (Å²) in [6, 6.07) is 4.77. The van der Waals surface area contributed by atoms with Crippen LogP contribution in [0.3, 0.4) is 0 Å². The molecule has 0 spiro atoms. The van der Waals surface area contributed by atoms with Crippen molar-refractivity contribution in [1.82, 2.24) is 0 Å². The predicted octanol–water partition coefficient (Wildman–Crippen LogP) is 2.83. The zero-order valence-electron chi connectivity index (χ0n) is 10.6. The van der Waals surface area contributed by atoms with Gasteiger partial charge in [0.05, 0.1) is 10.8 Å². The van der Waals surface area contributed by atoms with E-state index in [4.69, 9.17) is 28.9 Å². The lowest BCUT2D eigenvalue weighted by molar-refractivity contribution is -0.129. The lowest BCUT2D eigenvalue weighted by Gasteiger charge is -2.16. The lowest BCUT2D eigenvalue weighted by atomic mass is 9.94. The Morgan fingerprint density at radius 1 is 1.16 bits per heavy atom. The average molecular weight is 301 g/mol. The minimum atomic E-state index is -0.792. The molecule has 2 atom stereocenters. The summed E-state index contributed by atoms with van der Waals surface area (Å²) < 4.78 is 0. The van der Waals surface area contributed by atoms with Crippen molar-refractivity contribution in [2.45, 2.75) is 20.3 Å². The Kier molecular flexibility index (Phi) is 3.27. The van der Waals surface area contributed by atoms with Gasteiger partial charge in [0.25, 0.3) is 0 Å². The zero-order chi connectivity index (χ0) is 14.4. The molecule has 1 aliphatic carbocycles. The third-order valence-corrected chi connectivity index (χ3v) is 4.40. The third-order valence-electron chi connectivity index (χ3n) is 3.97. The van der Waals surface area contributed by atoms with Crippen LogP contribution in [-0.2, 0) is 9.59 Å². The summed E-state index contributed by atoms with van der Waals surface area (Å²) >= 11 is 11.7. The summed E-state index contributed by atoms with van der Waals surface area (Å²) in [4.78, 5) is 23.6. The maximum atomic E-state index is 12.2. The van der Waals surface area contributed by atoms with Gasteiger partial charge in [0.1, 0.15) is 0 Å². The first-order valence-electron chi connectivity index (χ1n) is 5.76. The lowest BCUT2D eigenvalue weighted by Crippen LogP contribution is -2.33. The summed E-state index contributed by atoms with van der Waals surface area (Å²) in [6.07, 6.45) is 0.440. The molecule has 6 heteroatoms. The highest BCUT2D eigenvalue weighted by Gasteiger charge is 2.69. The monoisotopic (exact) mass is 300 g/mol. The van der Waals surface area contributed by atoms with Gasteiger partial charge in [0.15, 0.2) is 0 Å². The fraction of sp³-hybridized carbons (Fsp3) is 0.385. The Labute approximate surface area is 121 Å². The number of carbonyl (C=O) groups is 2. The van der Waals surface area contributed by atoms with Gasteiger partial charge < -0.3 is 11.1 Å². The van der Waals surface area contributed by atoms with E-state index in [0.29, 0.717) is 22.2 Å². The van der Waals surface area contributed by atoms with Gasteiger partial charge in [-0.2, -0.15) is 0 Å². The minimum Gasteiger partial charge on any atom is -0.369 e. The van der Waals surface area contributed by atoms with Crippen molar-refractivity contribution in [3.05, 3.63) is 28.2 Å². The molecule has 0 aromatic heterocycles.